The Morgan fingerprint density at radius 1 is 1.21 bits per heavy atom. The predicted molar refractivity (Wildman–Crippen MR) is 111 cm³/mol. The largest absolute Gasteiger partial charge is 0.497 e. The van der Waals surface area contributed by atoms with Crippen molar-refractivity contribution in [2.45, 2.75) is 34.2 Å². The van der Waals surface area contributed by atoms with Gasteiger partial charge in [-0.1, -0.05) is 11.6 Å². The first-order chi connectivity index (χ1) is 13.3. The fraction of sp³-hybridized carbons (Fsp3) is 0.333. The summed E-state index contributed by atoms with van der Waals surface area (Å²) in [5, 5.41) is 3.10. The van der Waals surface area contributed by atoms with Gasteiger partial charge >= 0.3 is 5.97 Å². The molecule has 6 nitrogen and oxygen atoms in total. The Bertz CT molecular complexity index is 916. The molecule has 2 rings (SSSR count). The number of hydrogen-bond acceptors (Lipinski definition) is 4. The van der Waals surface area contributed by atoms with Crippen LogP contribution in [0.25, 0.3) is 6.08 Å². The van der Waals surface area contributed by atoms with Crippen LogP contribution in [-0.2, 0) is 16.1 Å². The Balaban J connectivity index is 2.30. The highest BCUT2D eigenvalue weighted by molar-refractivity contribution is 6.34. The number of nitrogens with zero attached hydrogens (tertiary/aromatic N) is 1. The van der Waals surface area contributed by atoms with E-state index in [2.05, 4.69) is 5.32 Å². The molecule has 1 N–H and O–H groups in total. The van der Waals surface area contributed by atoms with Crippen LogP contribution in [0.3, 0.4) is 0 Å². The standard InChI is InChI=1S/C21H25ClN2O4/c1-6-24-13(3)16(20(14(24)4)21(26)28-7-2)9-11-19(25)23-18-10-8-15(27-5)12-17(18)22/h8-12H,6-7H2,1-5H3,(H,23,25)/b11-9+. The van der Waals surface area contributed by atoms with Crippen molar-refractivity contribution in [3.63, 3.8) is 0 Å². The molecular formula is C21H25ClN2O4. The summed E-state index contributed by atoms with van der Waals surface area (Å²) in [7, 11) is 1.54. The molecule has 7 heteroatoms. The second-order valence-electron chi connectivity index (χ2n) is 6.09. The second-order valence-corrected chi connectivity index (χ2v) is 6.50. The van der Waals surface area contributed by atoms with Gasteiger partial charge in [0, 0.05) is 35.6 Å². The number of ether oxygens (including phenoxy) is 2. The maximum atomic E-state index is 12.4. The molecule has 0 atom stereocenters. The molecule has 0 saturated carbocycles. The molecule has 0 aliphatic carbocycles. The van der Waals surface area contributed by atoms with Crippen molar-refractivity contribution < 1.29 is 19.1 Å². The highest BCUT2D eigenvalue weighted by Crippen LogP contribution is 2.27. The monoisotopic (exact) mass is 404 g/mol. The van der Waals surface area contributed by atoms with Crippen LogP contribution in [0.2, 0.25) is 5.02 Å². The lowest BCUT2D eigenvalue weighted by molar-refractivity contribution is -0.111. The molecule has 0 spiro atoms. The number of methoxy groups -OCH3 is 1. The summed E-state index contributed by atoms with van der Waals surface area (Å²) in [4.78, 5) is 24.8. The smallest absolute Gasteiger partial charge is 0.340 e. The Labute approximate surface area is 170 Å². The molecule has 0 saturated heterocycles. The van der Waals surface area contributed by atoms with E-state index in [4.69, 9.17) is 21.1 Å². The number of aromatic nitrogens is 1. The maximum absolute atomic E-state index is 12.4. The lowest BCUT2D eigenvalue weighted by atomic mass is 10.1. The normalized spacial score (nSPS) is 10.9. The van der Waals surface area contributed by atoms with Crippen LogP contribution >= 0.6 is 11.6 Å². The molecule has 0 aliphatic rings. The van der Waals surface area contributed by atoms with Crippen molar-refractivity contribution in [3.8, 4) is 5.75 Å². The van der Waals surface area contributed by atoms with Crippen molar-refractivity contribution in [2.75, 3.05) is 19.0 Å². The van der Waals surface area contributed by atoms with Gasteiger partial charge in [0.1, 0.15) is 5.75 Å². The fourth-order valence-corrected chi connectivity index (χ4v) is 3.32. The average molecular weight is 405 g/mol. The van der Waals surface area contributed by atoms with Gasteiger partial charge < -0.3 is 19.4 Å². The molecule has 0 unspecified atom stereocenters. The molecular weight excluding hydrogens is 380 g/mol. The van der Waals surface area contributed by atoms with E-state index in [0.717, 1.165) is 11.4 Å². The number of halogens is 1. The number of rotatable bonds is 7. The predicted octanol–water partition coefficient (Wildman–Crippen LogP) is 4.62. The third kappa shape index (κ3) is 4.57. The number of esters is 1. The molecule has 1 amide bonds. The molecule has 0 fully saturated rings. The Morgan fingerprint density at radius 2 is 1.93 bits per heavy atom. The number of carbonyl (C=O) groups excluding carboxylic acids is 2. The first kappa shape index (κ1) is 21.6. The van der Waals surface area contributed by atoms with Crippen LogP contribution < -0.4 is 10.1 Å². The van der Waals surface area contributed by atoms with Crippen LogP contribution in [0.1, 0.15) is 41.2 Å². The number of amides is 1. The minimum Gasteiger partial charge on any atom is -0.497 e. The number of benzene rings is 1. The van der Waals surface area contributed by atoms with E-state index in [9.17, 15) is 9.59 Å². The first-order valence-corrected chi connectivity index (χ1v) is 9.41. The molecule has 1 heterocycles. The summed E-state index contributed by atoms with van der Waals surface area (Å²) in [6.07, 6.45) is 3.01. The van der Waals surface area contributed by atoms with Gasteiger partial charge in [0.2, 0.25) is 5.91 Å². The van der Waals surface area contributed by atoms with Gasteiger partial charge in [-0.15, -0.1) is 0 Å². The molecule has 0 aliphatic heterocycles. The van der Waals surface area contributed by atoms with Crippen molar-refractivity contribution in [1.82, 2.24) is 4.57 Å². The summed E-state index contributed by atoms with van der Waals surface area (Å²) in [5.74, 6) is -0.152. The third-order valence-electron chi connectivity index (χ3n) is 4.46. The van der Waals surface area contributed by atoms with Gasteiger partial charge in [-0.05, 0) is 45.9 Å². The highest BCUT2D eigenvalue weighted by Gasteiger charge is 2.22. The van der Waals surface area contributed by atoms with Crippen LogP contribution in [-0.4, -0.2) is 30.2 Å². The van der Waals surface area contributed by atoms with Gasteiger partial charge in [-0.2, -0.15) is 0 Å². The van der Waals surface area contributed by atoms with Crippen LogP contribution in [0.5, 0.6) is 5.75 Å². The first-order valence-electron chi connectivity index (χ1n) is 9.03. The summed E-state index contributed by atoms with van der Waals surface area (Å²) in [6, 6.07) is 4.99. The maximum Gasteiger partial charge on any atom is 0.340 e. The van der Waals surface area contributed by atoms with Crippen LogP contribution in [0, 0.1) is 13.8 Å². The van der Waals surface area contributed by atoms with E-state index >= 15 is 0 Å². The second kappa shape index (κ2) is 9.46. The van der Waals surface area contributed by atoms with E-state index in [1.54, 1.807) is 38.3 Å². The van der Waals surface area contributed by atoms with E-state index in [0.29, 0.717) is 34.1 Å². The van der Waals surface area contributed by atoms with Gasteiger partial charge in [-0.25, -0.2) is 4.79 Å². The Hall–Kier alpha value is -2.73. The van der Waals surface area contributed by atoms with Crippen molar-refractivity contribution in [3.05, 3.63) is 51.8 Å². The number of nitrogens with one attached hydrogen (secondary N) is 1. The van der Waals surface area contributed by atoms with Gasteiger partial charge in [0.05, 0.1) is 30.0 Å². The highest BCUT2D eigenvalue weighted by atomic mass is 35.5. The summed E-state index contributed by atoms with van der Waals surface area (Å²) in [6.45, 7) is 8.55. The fourth-order valence-electron chi connectivity index (χ4n) is 3.10. The zero-order valence-electron chi connectivity index (χ0n) is 16.8. The van der Waals surface area contributed by atoms with Gasteiger partial charge in [-0.3, -0.25) is 4.79 Å². The molecule has 0 radical (unpaired) electrons. The summed E-state index contributed by atoms with van der Waals surface area (Å²) >= 11 is 6.16. The topological polar surface area (TPSA) is 69.6 Å². The molecule has 1 aromatic carbocycles. The average Bonchev–Trinajstić information content (AvgIpc) is 2.91. The van der Waals surface area contributed by atoms with Crippen molar-refractivity contribution >= 4 is 35.2 Å². The third-order valence-corrected chi connectivity index (χ3v) is 4.77. The molecule has 150 valence electrons. The summed E-state index contributed by atoms with van der Waals surface area (Å²) < 4.78 is 12.3. The van der Waals surface area contributed by atoms with Crippen molar-refractivity contribution in [1.29, 1.82) is 0 Å². The molecule has 0 bridgehead atoms. The van der Waals surface area contributed by atoms with E-state index in [-0.39, 0.29) is 12.5 Å². The lowest BCUT2D eigenvalue weighted by Crippen LogP contribution is -2.09. The minimum atomic E-state index is -0.395. The number of carbonyl (C=O) groups is 2. The van der Waals surface area contributed by atoms with Gasteiger partial charge in [0.15, 0.2) is 0 Å². The molecule has 2 aromatic rings. The van der Waals surface area contributed by atoms with Crippen molar-refractivity contribution in [2.24, 2.45) is 0 Å². The quantitative estimate of drug-likeness (QED) is 0.540. The molecule has 1 aromatic heterocycles. The molecule has 28 heavy (non-hydrogen) atoms. The van der Waals surface area contributed by atoms with E-state index in [1.165, 1.54) is 6.08 Å². The van der Waals surface area contributed by atoms with Gasteiger partial charge in [0.25, 0.3) is 0 Å². The Morgan fingerprint density at radius 3 is 2.50 bits per heavy atom. The zero-order valence-corrected chi connectivity index (χ0v) is 17.5. The van der Waals surface area contributed by atoms with E-state index in [1.807, 2.05) is 25.3 Å². The van der Waals surface area contributed by atoms with E-state index < -0.39 is 5.97 Å². The van der Waals surface area contributed by atoms with Crippen LogP contribution in [0.4, 0.5) is 5.69 Å². The Kier molecular flexibility index (Phi) is 7.29. The summed E-state index contributed by atoms with van der Waals surface area (Å²) in [5.41, 5.74) is 3.34. The number of anilines is 1. The lowest BCUT2D eigenvalue weighted by Gasteiger charge is -2.07. The zero-order chi connectivity index (χ0) is 20.8. The number of hydrogen-bond donors (Lipinski definition) is 1. The van der Waals surface area contributed by atoms with Crippen LogP contribution in [0.15, 0.2) is 24.3 Å². The SMILES string of the molecule is CCOC(=O)c1c(/C=C/C(=O)Nc2ccc(OC)cc2Cl)c(C)n(CC)c1C. The minimum absolute atomic E-state index is 0.286.